The highest BCUT2D eigenvalue weighted by Gasteiger charge is 2.35. The molecule has 0 atom stereocenters. The van der Waals surface area contributed by atoms with E-state index in [-0.39, 0.29) is 11.3 Å². The van der Waals surface area contributed by atoms with Crippen LogP contribution in [0.2, 0.25) is 0 Å². The van der Waals surface area contributed by atoms with Gasteiger partial charge in [-0.25, -0.2) is 0 Å². The fraction of sp³-hybridized carbons (Fsp3) is 0.200. The molecule has 0 bridgehead atoms. The number of carboxylic acid groups (broad SMARTS) is 1. The second-order valence-corrected chi connectivity index (χ2v) is 4.87. The molecule has 24 heavy (non-hydrogen) atoms. The first-order valence-electron chi connectivity index (χ1n) is 6.44. The van der Waals surface area contributed by atoms with E-state index in [2.05, 4.69) is 4.98 Å². The summed E-state index contributed by atoms with van der Waals surface area (Å²) in [4.78, 5) is 14.3. The Balaban J connectivity index is 2.54. The quantitative estimate of drug-likeness (QED) is 0.835. The first-order chi connectivity index (χ1) is 11.0. The normalized spacial score (nSPS) is 12.2. The lowest BCUT2D eigenvalue weighted by Crippen LogP contribution is -2.13. The predicted molar refractivity (Wildman–Crippen MR) is 71.0 cm³/mol. The average molecular weight is 349 g/mol. The molecular weight excluding hydrogens is 340 g/mol. The van der Waals surface area contributed by atoms with Crippen LogP contribution in [0.5, 0.6) is 0 Å². The third-order valence-corrected chi connectivity index (χ3v) is 3.12. The molecular formula is C15H9F6NO2. The van der Waals surface area contributed by atoms with Crippen molar-refractivity contribution in [1.29, 1.82) is 0 Å². The molecule has 0 saturated carbocycles. The van der Waals surface area contributed by atoms with Gasteiger partial charge in [-0.3, -0.25) is 9.78 Å². The molecule has 1 aromatic heterocycles. The van der Waals surface area contributed by atoms with Crippen molar-refractivity contribution >= 4 is 5.97 Å². The average Bonchev–Trinajstić information content (AvgIpc) is 2.44. The van der Waals surface area contributed by atoms with E-state index in [9.17, 15) is 31.1 Å². The smallest absolute Gasteiger partial charge is 0.418 e. The number of carboxylic acids is 1. The van der Waals surface area contributed by atoms with Crippen molar-refractivity contribution in [2.24, 2.45) is 0 Å². The largest absolute Gasteiger partial charge is 0.481 e. The summed E-state index contributed by atoms with van der Waals surface area (Å²) in [5.74, 6) is -1.50. The summed E-state index contributed by atoms with van der Waals surface area (Å²) in [5.41, 5.74) is -3.03. The van der Waals surface area contributed by atoms with Gasteiger partial charge in [-0.15, -0.1) is 0 Å². The van der Waals surface area contributed by atoms with E-state index in [1.807, 2.05) is 0 Å². The Kier molecular flexibility index (Phi) is 4.54. The summed E-state index contributed by atoms with van der Waals surface area (Å²) in [6.07, 6.45) is -9.94. The fourth-order valence-electron chi connectivity index (χ4n) is 2.07. The minimum absolute atomic E-state index is 0.0646. The zero-order valence-corrected chi connectivity index (χ0v) is 11.7. The van der Waals surface area contributed by atoms with Crippen LogP contribution >= 0.6 is 0 Å². The zero-order chi connectivity index (χ0) is 18.1. The van der Waals surface area contributed by atoms with Gasteiger partial charge in [0.2, 0.25) is 0 Å². The van der Waals surface area contributed by atoms with Gasteiger partial charge < -0.3 is 5.11 Å². The lowest BCUT2D eigenvalue weighted by molar-refractivity contribution is -0.140. The van der Waals surface area contributed by atoms with Crippen molar-refractivity contribution in [3.63, 3.8) is 0 Å². The molecule has 0 spiro atoms. The molecule has 0 radical (unpaired) electrons. The van der Waals surface area contributed by atoms with E-state index >= 15 is 0 Å². The number of benzene rings is 1. The molecule has 0 aliphatic heterocycles. The molecule has 3 nitrogen and oxygen atoms in total. The SMILES string of the molecule is O=C(O)Cc1cc(-c2cccc(C(F)(F)F)c2)ncc1C(F)(F)F. The van der Waals surface area contributed by atoms with Crippen molar-refractivity contribution in [3.8, 4) is 11.3 Å². The van der Waals surface area contributed by atoms with Crippen LogP contribution in [0, 0.1) is 0 Å². The minimum Gasteiger partial charge on any atom is -0.481 e. The molecule has 0 fully saturated rings. The number of alkyl halides is 6. The van der Waals surface area contributed by atoms with E-state index in [0.29, 0.717) is 6.20 Å². The summed E-state index contributed by atoms with van der Waals surface area (Å²) in [7, 11) is 0. The van der Waals surface area contributed by atoms with Gasteiger partial charge in [0.1, 0.15) is 0 Å². The Labute approximate surface area is 131 Å². The standard InChI is InChI=1S/C15H9F6NO2/c16-14(17,18)10-3-1-2-8(4-10)12-5-9(6-13(23)24)11(7-22-12)15(19,20)21/h1-5,7H,6H2,(H,23,24). The monoisotopic (exact) mass is 349 g/mol. The van der Waals surface area contributed by atoms with E-state index in [1.165, 1.54) is 6.07 Å². The molecule has 0 unspecified atom stereocenters. The molecule has 9 heteroatoms. The van der Waals surface area contributed by atoms with Gasteiger partial charge in [0.25, 0.3) is 0 Å². The van der Waals surface area contributed by atoms with Crippen LogP contribution in [0.15, 0.2) is 36.5 Å². The number of carbonyl (C=O) groups is 1. The van der Waals surface area contributed by atoms with Crippen LogP contribution in [0.3, 0.4) is 0 Å². The zero-order valence-electron chi connectivity index (χ0n) is 11.7. The molecule has 1 aromatic carbocycles. The molecule has 0 amide bonds. The van der Waals surface area contributed by atoms with Crippen LogP contribution < -0.4 is 0 Å². The number of hydrogen-bond acceptors (Lipinski definition) is 2. The van der Waals surface area contributed by atoms with Crippen LogP contribution in [0.4, 0.5) is 26.3 Å². The molecule has 128 valence electrons. The summed E-state index contributed by atoms with van der Waals surface area (Å²) < 4.78 is 76.7. The number of nitrogens with zero attached hydrogens (tertiary/aromatic N) is 1. The van der Waals surface area contributed by atoms with Crippen LogP contribution in [-0.2, 0) is 23.6 Å². The molecule has 0 aliphatic rings. The first-order valence-corrected chi connectivity index (χ1v) is 6.44. The third kappa shape index (κ3) is 4.03. The Hall–Kier alpha value is -2.58. The lowest BCUT2D eigenvalue weighted by atomic mass is 10.0. The highest BCUT2D eigenvalue weighted by Crippen LogP contribution is 2.35. The predicted octanol–water partition coefficient (Wildman–Crippen LogP) is 4.41. The Bertz CT molecular complexity index is 767. The summed E-state index contributed by atoms with van der Waals surface area (Å²) in [6, 6.07) is 4.72. The number of hydrogen-bond donors (Lipinski definition) is 1. The molecule has 0 saturated heterocycles. The van der Waals surface area contributed by atoms with Gasteiger partial charge in [-0.05, 0) is 23.8 Å². The van der Waals surface area contributed by atoms with Crippen molar-refractivity contribution in [1.82, 2.24) is 4.98 Å². The van der Waals surface area contributed by atoms with E-state index in [0.717, 1.165) is 24.3 Å². The second kappa shape index (κ2) is 6.14. The van der Waals surface area contributed by atoms with Crippen molar-refractivity contribution < 1.29 is 36.2 Å². The molecule has 0 aliphatic carbocycles. The van der Waals surface area contributed by atoms with Gasteiger partial charge in [-0.1, -0.05) is 12.1 Å². The molecule has 2 aromatic rings. The number of pyridine rings is 1. The number of aromatic nitrogens is 1. The van der Waals surface area contributed by atoms with Crippen LogP contribution in [-0.4, -0.2) is 16.1 Å². The number of aliphatic carboxylic acids is 1. The highest BCUT2D eigenvalue weighted by molar-refractivity contribution is 5.72. The summed E-state index contributed by atoms with van der Waals surface area (Å²) in [5, 5.41) is 8.73. The number of rotatable bonds is 3. The highest BCUT2D eigenvalue weighted by atomic mass is 19.4. The molecule has 1 heterocycles. The second-order valence-electron chi connectivity index (χ2n) is 4.87. The first kappa shape index (κ1) is 17.8. The van der Waals surface area contributed by atoms with Crippen LogP contribution in [0.25, 0.3) is 11.3 Å². The maximum atomic E-state index is 12.9. The Morgan fingerprint density at radius 3 is 2.25 bits per heavy atom. The Morgan fingerprint density at radius 1 is 1.04 bits per heavy atom. The Morgan fingerprint density at radius 2 is 1.71 bits per heavy atom. The van der Waals surface area contributed by atoms with E-state index < -0.39 is 41.4 Å². The van der Waals surface area contributed by atoms with Crippen molar-refractivity contribution in [3.05, 3.63) is 53.2 Å². The third-order valence-electron chi connectivity index (χ3n) is 3.12. The fourth-order valence-corrected chi connectivity index (χ4v) is 2.07. The van der Waals surface area contributed by atoms with Crippen LogP contribution in [0.1, 0.15) is 16.7 Å². The van der Waals surface area contributed by atoms with Crippen molar-refractivity contribution in [2.75, 3.05) is 0 Å². The summed E-state index contributed by atoms with van der Waals surface area (Å²) >= 11 is 0. The summed E-state index contributed by atoms with van der Waals surface area (Å²) in [6.45, 7) is 0. The van der Waals surface area contributed by atoms with Gasteiger partial charge in [0, 0.05) is 11.8 Å². The molecule has 1 N–H and O–H groups in total. The van der Waals surface area contributed by atoms with Gasteiger partial charge >= 0.3 is 18.3 Å². The van der Waals surface area contributed by atoms with Crippen molar-refractivity contribution in [2.45, 2.75) is 18.8 Å². The maximum Gasteiger partial charge on any atom is 0.418 e. The van der Waals surface area contributed by atoms with Gasteiger partial charge in [-0.2, -0.15) is 26.3 Å². The van der Waals surface area contributed by atoms with E-state index in [1.54, 1.807) is 0 Å². The topological polar surface area (TPSA) is 50.2 Å². The minimum atomic E-state index is -4.82. The number of halogens is 6. The molecule has 2 rings (SSSR count). The van der Waals surface area contributed by atoms with Gasteiger partial charge in [0.05, 0.1) is 23.2 Å². The van der Waals surface area contributed by atoms with E-state index in [4.69, 9.17) is 5.11 Å². The maximum absolute atomic E-state index is 12.9. The van der Waals surface area contributed by atoms with Gasteiger partial charge in [0.15, 0.2) is 0 Å². The lowest BCUT2D eigenvalue weighted by Gasteiger charge is -2.13.